The highest BCUT2D eigenvalue weighted by Gasteiger charge is 2.23. The number of carbonyl (C=O) groups is 2. The van der Waals surface area contributed by atoms with Gasteiger partial charge in [-0.15, -0.1) is 0 Å². The maximum Gasteiger partial charge on any atom is 0.305 e. The smallest absolute Gasteiger partial charge is 0.305 e. The van der Waals surface area contributed by atoms with Gasteiger partial charge in [0.05, 0.1) is 24.3 Å². The molecule has 2 atom stereocenters. The van der Waals surface area contributed by atoms with Gasteiger partial charge in [0, 0.05) is 24.1 Å². The molecule has 0 bridgehead atoms. The number of hydrogen-bond donors (Lipinski definition) is 4. The molecule has 4 N–H and O–H groups in total. The molecular formula is C27H34FNO6. The Labute approximate surface area is 205 Å². The van der Waals surface area contributed by atoms with Gasteiger partial charge in [-0.2, -0.15) is 0 Å². The molecule has 0 radical (unpaired) electrons. The molecule has 0 spiro atoms. The standard InChI is InChI=1S/C27H34FNO6/c1-15(2)26-21(10-9-19(30)13-20(31)14-24(34)35)25(17-5-7-18(28)8-6-17)22(11-12-23(32)33)27(29-26)16(3)4/h5-10,15-16,19-20,30-31H,11-14H2,1-4H3,(H,32,33)(H,34,35)/b10-9+. The normalized spacial score (nSPS) is 13.5. The lowest BCUT2D eigenvalue weighted by atomic mass is 9.85. The van der Waals surface area contributed by atoms with Gasteiger partial charge in [-0.3, -0.25) is 14.6 Å². The third-order valence-electron chi connectivity index (χ3n) is 5.62. The number of aliphatic hydroxyl groups is 2. The van der Waals surface area contributed by atoms with Crippen molar-refractivity contribution in [1.29, 1.82) is 0 Å². The molecule has 2 rings (SSSR count). The average molecular weight is 488 g/mol. The summed E-state index contributed by atoms with van der Waals surface area (Å²) in [4.78, 5) is 27.1. The summed E-state index contributed by atoms with van der Waals surface area (Å²) in [6.07, 6.45) is 0.302. The van der Waals surface area contributed by atoms with Gasteiger partial charge < -0.3 is 20.4 Å². The molecule has 8 heteroatoms. The van der Waals surface area contributed by atoms with Crippen molar-refractivity contribution in [2.75, 3.05) is 0 Å². The summed E-state index contributed by atoms with van der Waals surface area (Å²) in [5.41, 5.74) is 4.34. The zero-order valence-electron chi connectivity index (χ0n) is 20.5. The van der Waals surface area contributed by atoms with E-state index in [2.05, 4.69) is 0 Å². The zero-order valence-corrected chi connectivity index (χ0v) is 20.5. The molecule has 0 aliphatic carbocycles. The predicted octanol–water partition coefficient (Wildman–Crippen LogP) is 4.75. The number of hydrogen-bond acceptors (Lipinski definition) is 5. The number of halogens is 1. The lowest BCUT2D eigenvalue weighted by Crippen LogP contribution is -2.19. The van der Waals surface area contributed by atoms with Gasteiger partial charge in [-0.1, -0.05) is 52.0 Å². The van der Waals surface area contributed by atoms with Gasteiger partial charge in [0.25, 0.3) is 0 Å². The van der Waals surface area contributed by atoms with Crippen molar-refractivity contribution in [1.82, 2.24) is 4.98 Å². The van der Waals surface area contributed by atoms with Gasteiger partial charge in [0.2, 0.25) is 0 Å². The minimum atomic E-state index is -1.21. The van der Waals surface area contributed by atoms with Crippen LogP contribution in [0.3, 0.4) is 0 Å². The number of aliphatic hydroxyl groups excluding tert-OH is 2. The Kier molecular flexibility index (Phi) is 10.1. The summed E-state index contributed by atoms with van der Waals surface area (Å²) in [5.74, 6) is -2.52. The molecule has 2 aromatic rings. The molecule has 1 heterocycles. The minimum Gasteiger partial charge on any atom is -0.481 e. The number of carboxylic acids is 2. The third-order valence-corrected chi connectivity index (χ3v) is 5.62. The van der Waals surface area contributed by atoms with E-state index in [0.29, 0.717) is 11.1 Å². The van der Waals surface area contributed by atoms with Crippen LogP contribution in [0.25, 0.3) is 17.2 Å². The Bertz CT molecular complexity index is 1060. The Morgan fingerprint density at radius 3 is 2.09 bits per heavy atom. The predicted molar refractivity (Wildman–Crippen MR) is 132 cm³/mol. The molecule has 0 fully saturated rings. The number of aliphatic carboxylic acids is 2. The van der Waals surface area contributed by atoms with Crippen molar-refractivity contribution in [2.45, 2.75) is 77.4 Å². The SMILES string of the molecule is CC(C)c1nc(C(C)C)c(CCC(=O)O)c(-c2ccc(F)cc2)c1/C=C/C(O)CC(O)CC(=O)O. The molecule has 0 aliphatic heterocycles. The first-order valence-corrected chi connectivity index (χ1v) is 11.7. The van der Waals surface area contributed by atoms with Gasteiger partial charge in [0.1, 0.15) is 5.82 Å². The fourth-order valence-corrected chi connectivity index (χ4v) is 4.04. The van der Waals surface area contributed by atoms with Crippen LogP contribution in [-0.4, -0.2) is 49.6 Å². The topological polar surface area (TPSA) is 128 Å². The van der Waals surface area contributed by atoms with Crippen molar-refractivity contribution in [3.8, 4) is 11.1 Å². The number of aromatic nitrogens is 1. The lowest BCUT2D eigenvalue weighted by Gasteiger charge is -2.24. The molecule has 1 aromatic heterocycles. The van der Waals surface area contributed by atoms with Gasteiger partial charge in [-0.05, 0) is 47.1 Å². The summed E-state index contributed by atoms with van der Waals surface area (Å²) in [6.45, 7) is 7.91. The van der Waals surface area contributed by atoms with E-state index in [4.69, 9.17) is 10.1 Å². The van der Waals surface area contributed by atoms with Gasteiger partial charge >= 0.3 is 11.9 Å². The van der Waals surface area contributed by atoms with Crippen molar-refractivity contribution < 1.29 is 34.4 Å². The second-order valence-electron chi connectivity index (χ2n) is 9.27. The van der Waals surface area contributed by atoms with E-state index in [1.807, 2.05) is 27.7 Å². The summed E-state index contributed by atoms with van der Waals surface area (Å²) in [6, 6.07) is 5.94. The summed E-state index contributed by atoms with van der Waals surface area (Å²) < 4.78 is 13.7. The van der Waals surface area contributed by atoms with Crippen LogP contribution >= 0.6 is 0 Å². The Balaban J connectivity index is 2.73. The Morgan fingerprint density at radius 1 is 0.971 bits per heavy atom. The van der Waals surface area contributed by atoms with Crippen LogP contribution in [0.1, 0.15) is 81.3 Å². The van der Waals surface area contributed by atoms with Crippen LogP contribution < -0.4 is 0 Å². The molecule has 35 heavy (non-hydrogen) atoms. The van der Waals surface area contributed by atoms with Crippen LogP contribution in [0.15, 0.2) is 30.3 Å². The quantitative estimate of drug-likeness (QED) is 0.340. The Morgan fingerprint density at radius 2 is 1.57 bits per heavy atom. The number of rotatable bonds is 12. The molecular weight excluding hydrogens is 453 g/mol. The first kappa shape index (κ1) is 28.1. The molecule has 7 nitrogen and oxygen atoms in total. The largest absolute Gasteiger partial charge is 0.481 e. The summed E-state index contributed by atoms with van der Waals surface area (Å²) in [5, 5.41) is 38.5. The number of benzene rings is 1. The van der Waals surface area contributed by atoms with Crippen LogP contribution in [0.2, 0.25) is 0 Å². The highest BCUT2D eigenvalue weighted by atomic mass is 19.1. The number of carboxylic acid groups (broad SMARTS) is 2. The molecule has 0 aliphatic rings. The Hall–Kier alpha value is -3.10. The van der Waals surface area contributed by atoms with Gasteiger partial charge in [-0.25, -0.2) is 4.39 Å². The van der Waals surface area contributed by atoms with Crippen LogP contribution in [0.4, 0.5) is 4.39 Å². The summed E-state index contributed by atoms with van der Waals surface area (Å²) in [7, 11) is 0. The monoisotopic (exact) mass is 487 g/mol. The molecule has 190 valence electrons. The van der Waals surface area contributed by atoms with E-state index in [9.17, 15) is 29.3 Å². The van der Waals surface area contributed by atoms with Crippen molar-refractivity contribution in [3.63, 3.8) is 0 Å². The fourth-order valence-electron chi connectivity index (χ4n) is 4.04. The van der Waals surface area contributed by atoms with Crippen LogP contribution in [0, 0.1) is 5.82 Å². The number of nitrogens with zero attached hydrogens (tertiary/aromatic N) is 1. The lowest BCUT2D eigenvalue weighted by molar-refractivity contribution is -0.139. The summed E-state index contributed by atoms with van der Waals surface area (Å²) >= 11 is 0. The third kappa shape index (κ3) is 7.97. The maximum atomic E-state index is 13.7. The minimum absolute atomic E-state index is 0.00489. The molecule has 0 amide bonds. The molecule has 1 aromatic carbocycles. The zero-order chi connectivity index (χ0) is 26.3. The molecule has 2 unspecified atom stereocenters. The average Bonchev–Trinajstić information content (AvgIpc) is 2.75. The second-order valence-corrected chi connectivity index (χ2v) is 9.27. The maximum absolute atomic E-state index is 13.7. The van der Waals surface area contributed by atoms with E-state index in [1.54, 1.807) is 18.2 Å². The van der Waals surface area contributed by atoms with E-state index < -0.39 is 36.4 Å². The van der Waals surface area contributed by atoms with Crippen LogP contribution in [0.5, 0.6) is 0 Å². The first-order valence-electron chi connectivity index (χ1n) is 11.7. The van der Waals surface area contributed by atoms with Crippen LogP contribution in [-0.2, 0) is 16.0 Å². The first-order chi connectivity index (χ1) is 16.4. The van der Waals surface area contributed by atoms with Crippen molar-refractivity contribution >= 4 is 18.0 Å². The van der Waals surface area contributed by atoms with E-state index >= 15 is 0 Å². The van der Waals surface area contributed by atoms with E-state index in [1.165, 1.54) is 18.2 Å². The van der Waals surface area contributed by atoms with Crippen molar-refractivity contribution in [3.05, 3.63) is 58.7 Å². The van der Waals surface area contributed by atoms with E-state index in [0.717, 1.165) is 22.5 Å². The van der Waals surface area contributed by atoms with Gasteiger partial charge in [0.15, 0.2) is 0 Å². The highest BCUT2D eigenvalue weighted by Crippen LogP contribution is 2.38. The second kappa shape index (κ2) is 12.6. The molecule has 0 saturated heterocycles. The van der Waals surface area contributed by atoms with E-state index in [-0.39, 0.29) is 31.1 Å². The van der Waals surface area contributed by atoms with Crippen molar-refractivity contribution in [2.24, 2.45) is 0 Å². The molecule has 0 saturated carbocycles. The number of pyridine rings is 1. The fraction of sp³-hybridized carbons (Fsp3) is 0.444. The highest BCUT2D eigenvalue weighted by molar-refractivity contribution is 5.81.